The van der Waals surface area contributed by atoms with Crippen LogP contribution in [0.15, 0.2) is 42.5 Å². The minimum Gasteiger partial charge on any atom is -0.495 e. The molecule has 0 saturated carbocycles. The third-order valence-corrected chi connectivity index (χ3v) is 8.63. The Hall–Kier alpha value is -4.97. The standard InChI is InChI=1S/C38H47F4N5O6/c1-24(2)36(49)52-21-28(53-37(50)25(3)4)19-46(23-48)26-12-13-33(35(18-26)51-6)43-15-8-9-27-17-29-31(44-32-14-16-45(5)20-30(32)39)10-7-11-34(29)47(27)22-38(40,41)42/h7,10-13,17-18,23-25,28,30,32,43-44H,14-16,19-22H2,1-6H3/t28?,30-,32+/m0/s1. The fourth-order valence-electron chi connectivity index (χ4n) is 5.76. The van der Waals surface area contributed by atoms with Crippen LogP contribution in [0.4, 0.5) is 34.6 Å². The predicted molar refractivity (Wildman–Crippen MR) is 195 cm³/mol. The first-order valence-corrected chi connectivity index (χ1v) is 17.4. The fraction of sp³-hybridized carbons (Fsp3) is 0.500. The molecular weight excluding hydrogens is 698 g/mol. The summed E-state index contributed by atoms with van der Waals surface area (Å²) in [6.45, 7) is 6.05. The van der Waals surface area contributed by atoms with Crippen molar-refractivity contribution >= 4 is 46.3 Å². The largest absolute Gasteiger partial charge is 0.495 e. The van der Waals surface area contributed by atoms with E-state index in [1.54, 1.807) is 70.2 Å². The summed E-state index contributed by atoms with van der Waals surface area (Å²) >= 11 is 0. The molecule has 4 rings (SSSR count). The monoisotopic (exact) mass is 745 g/mol. The third kappa shape index (κ3) is 11.3. The van der Waals surface area contributed by atoms with E-state index in [2.05, 4.69) is 22.5 Å². The molecule has 0 aliphatic carbocycles. The highest BCUT2D eigenvalue weighted by atomic mass is 19.4. The Labute approximate surface area is 306 Å². The number of nitrogens with one attached hydrogen (secondary N) is 2. The lowest BCUT2D eigenvalue weighted by Crippen LogP contribution is -2.46. The molecule has 1 fully saturated rings. The van der Waals surface area contributed by atoms with E-state index in [-0.39, 0.29) is 31.9 Å². The molecule has 1 saturated heterocycles. The smallest absolute Gasteiger partial charge is 0.406 e. The second-order valence-corrected chi connectivity index (χ2v) is 13.6. The highest BCUT2D eigenvalue weighted by Gasteiger charge is 2.31. The average Bonchev–Trinajstić information content (AvgIpc) is 3.44. The van der Waals surface area contributed by atoms with Crippen LogP contribution in [-0.4, -0.2) is 99.3 Å². The first-order chi connectivity index (χ1) is 25.1. The molecule has 11 nitrogen and oxygen atoms in total. The van der Waals surface area contributed by atoms with E-state index in [9.17, 15) is 31.9 Å². The number of fused-ring (bicyclic) bond motifs is 1. The third-order valence-electron chi connectivity index (χ3n) is 8.63. The zero-order chi connectivity index (χ0) is 38.9. The van der Waals surface area contributed by atoms with Crippen LogP contribution in [-0.2, 0) is 30.4 Å². The van der Waals surface area contributed by atoms with Crippen molar-refractivity contribution in [1.82, 2.24) is 9.47 Å². The molecule has 1 aliphatic rings. The molecule has 1 unspecified atom stereocenters. The maximum absolute atomic E-state index is 14.8. The quantitative estimate of drug-likeness (QED) is 0.0855. The number of aromatic nitrogens is 1. The van der Waals surface area contributed by atoms with Crippen LogP contribution in [0.1, 0.15) is 39.8 Å². The molecule has 1 aliphatic heterocycles. The van der Waals surface area contributed by atoms with Crippen LogP contribution < -0.4 is 20.3 Å². The molecule has 3 atom stereocenters. The van der Waals surface area contributed by atoms with Gasteiger partial charge in [-0.05, 0) is 49.7 Å². The lowest BCUT2D eigenvalue weighted by molar-refractivity contribution is -0.162. The molecular formula is C38H47F4N5O6. The fourth-order valence-corrected chi connectivity index (χ4v) is 5.76. The van der Waals surface area contributed by atoms with Crippen molar-refractivity contribution in [2.75, 3.05) is 62.5 Å². The molecule has 2 aromatic carbocycles. The Bertz CT molecular complexity index is 1800. The Morgan fingerprint density at radius 3 is 2.45 bits per heavy atom. The number of methoxy groups -OCH3 is 1. The summed E-state index contributed by atoms with van der Waals surface area (Å²) in [5, 5.41) is 6.82. The molecule has 2 N–H and O–H groups in total. The first kappa shape index (κ1) is 40.8. The minimum absolute atomic E-state index is 0.0271. The van der Waals surface area contributed by atoms with Gasteiger partial charge in [0.05, 0.1) is 55.0 Å². The van der Waals surface area contributed by atoms with Crippen LogP contribution >= 0.6 is 0 Å². The first-order valence-electron chi connectivity index (χ1n) is 17.4. The minimum atomic E-state index is -4.51. The van der Waals surface area contributed by atoms with Gasteiger partial charge in [0.1, 0.15) is 25.1 Å². The Balaban J connectivity index is 1.52. The number of rotatable bonds is 15. The van der Waals surface area contributed by atoms with E-state index in [1.165, 1.54) is 12.0 Å². The normalized spacial score (nSPS) is 16.8. The van der Waals surface area contributed by atoms with Crippen molar-refractivity contribution in [1.29, 1.82) is 0 Å². The van der Waals surface area contributed by atoms with Crippen LogP contribution in [0.3, 0.4) is 0 Å². The summed E-state index contributed by atoms with van der Waals surface area (Å²) in [6.07, 6.45) is -5.48. The van der Waals surface area contributed by atoms with Crippen molar-refractivity contribution in [3.63, 3.8) is 0 Å². The molecule has 15 heteroatoms. The molecule has 288 valence electrons. The summed E-state index contributed by atoms with van der Waals surface area (Å²) < 4.78 is 73.4. The number of carbonyl (C=O) groups excluding carboxylic acids is 3. The van der Waals surface area contributed by atoms with Crippen LogP contribution in [0.2, 0.25) is 0 Å². The number of nitrogens with zero attached hydrogens (tertiary/aromatic N) is 3. The summed E-state index contributed by atoms with van der Waals surface area (Å²) in [6, 6.07) is 10.9. The van der Waals surface area contributed by atoms with Gasteiger partial charge in [-0.3, -0.25) is 14.4 Å². The number of esters is 2. The van der Waals surface area contributed by atoms with Crippen molar-refractivity contribution < 1.29 is 46.2 Å². The number of carbonyl (C=O) groups is 3. The van der Waals surface area contributed by atoms with Gasteiger partial charge in [0, 0.05) is 35.9 Å². The topological polar surface area (TPSA) is 114 Å². The van der Waals surface area contributed by atoms with Crippen LogP contribution in [0, 0.1) is 23.7 Å². The van der Waals surface area contributed by atoms with Gasteiger partial charge in [0.25, 0.3) is 0 Å². The van der Waals surface area contributed by atoms with Crippen molar-refractivity contribution in [2.45, 2.75) is 65.2 Å². The van der Waals surface area contributed by atoms with Crippen molar-refractivity contribution in [3.8, 4) is 17.6 Å². The molecule has 53 heavy (non-hydrogen) atoms. The number of ether oxygens (including phenoxy) is 3. The second-order valence-electron chi connectivity index (χ2n) is 13.6. The molecule has 1 amide bonds. The van der Waals surface area contributed by atoms with Gasteiger partial charge in [-0.25, -0.2) is 4.39 Å². The van der Waals surface area contributed by atoms with Crippen LogP contribution in [0.5, 0.6) is 5.75 Å². The Kier molecular flexibility index (Phi) is 14.0. The number of anilines is 3. The van der Waals surface area contributed by atoms with E-state index in [0.717, 1.165) is 4.57 Å². The number of hydrogen-bond acceptors (Lipinski definition) is 9. The summed E-state index contributed by atoms with van der Waals surface area (Å²) in [5.41, 5.74) is 1.89. The second kappa shape index (κ2) is 18.2. The van der Waals surface area contributed by atoms with Gasteiger partial charge in [0.15, 0.2) is 6.10 Å². The van der Waals surface area contributed by atoms with E-state index in [0.29, 0.717) is 53.1 Å². The predicted octanol–water partition coefficient (Wildman–Crippen LogP) is 5.86. The Morgan fingerprint density at radius 1 is 1.08 bits per heavy atom. The SMILES string of the molecule is COc1cc(N(C=O)CC(COC(=O)C(C)C)OC(=O)C(C)C)ccc1NCC#Cc1cc2c(N[C@@H]3CCN(C)C[C@@H]3F)cccc2n1CC(F)(F)F. The van der Waals surface area contributed by atoms with E-state index in [4.69, 9.17) is 14.2 Å². The van der Waals surface area contributed by atoms with Crippen molar-refractivity contribution in [2.24, 2.45) is 11.8 Å². The van der Waals surface area contributed by atoms with Gasteiger partial charge in [-0.1, -0.05) is 39.7 Å². The van der Waals surface area contributed by atoms with Gasteiger partial charge < -0.3 is 39.2 Å². The number of halogens is 4. The molecule has 0 bridgehead atoms. The summed E-state index contributed by atoms with van der Waals surface area (Å²) in [5.74, 6) is 4.25. The summed E-state index contributed by atoms with van der Waals surface area (Å²) in [4.78, 5) is 39.8. The molecule has 2 heterocycles. The van der Waals surface area contributed by atoms with Gasteiger partial charge in [-0.2, -0.15) is 13.2 Å². The average molecular weight is 746 g/mol. The van der Waals surface area contributed by atoms with Crippen molar-refractivity contribution in [3.05, 3.63) is 48.2 Å². The zero-order valence-corrected chi connectivity index (χ0v) is 30.8. The van der Waals surface area contributed by atoms with E-state index >= 15 is 0 Å². The molecule has 0 radical (unpaired) electrons. The number of amides is 1. The number of hydrogen-bond donors (Lipinski definition) is 2. The molecule has 1 aromatic heterocycles. The highest BCUT2D eigenvalue weighted by molar-refractivity contribution is 5.94. The number of likely N-dealkylation sites (tertiary alicyclic amines) is 1. The zero-order valence-electron chi connectivity index (χ0n) is 30.8. The number of benzene rings is 2. The van der Waals surface area contributed by atoms with Gasteiger partial charge in [0.2, 0.25) is 6.41 Å². The maximum Gasteiger partial charge on any atom is 0.406 e. The molecule has 3 aromatic rings. The van der Waals surface area contributed by atoms with Gasteiger partial charge in [-0.15, -0.1) is 0 Å². The van der Waals surface area contributed by atoms with Gasteiger partial charge >= 0.3 is 18.1 Å². The maximum atomic E-state index is 14.8. The Morgan fingerprint density at radius 2 is 1.81 bits per heavy atom. The van der Waals surface area contributed by atoms with E-state index in [1.807, 2.05) is 11.9 Å². The number of piperidine rings is 1. The highest BCUT2D eigenvalue weighted by Crippen LogP contribution is 2.32. The lowest BCUT2D eigenvalue weighted by atomic mass is 10.0. The molecule has 0 spiro atoms. The van der Waals surface area contributed by atoms with E-state index < -0.39 is 54.8 Å². The number of alkyl halides is 4. The van der Waals surface area contributed by atoms with Crippen LogP contribution in [0.25, 0.3) is 10.9 Å². The lowest BCUT2D eigenvalue weighted by Gasteiger charge is -2.33. The summed E-state index contributed by atoms with van der Waals surface area (Å²) in [7, 11) is 3.27.